The average molecular weight is 585 g/mol. The number of rotatable bonds is 6. The molecule has 0 radical (unpaired) electrons. The molecule has 222 valence electrons. The zero-order valence-corrected chi connectivity index (χ0v) is 22.3. The van der Waals surface area contributed by atoms with Crippen LogP contribution in [0.25, 0.3) is 11.1 Å². The first-order valence-electron chi connectivity index (χ1n) is 13.0. The van der Waals surface area contributed by atoms with E-state index in [1.807, 2.05) is 0 Å². The van der Waals surface area contributed by atoms with Gasteiger partial charge in [-0.05, 0) is 35.4 Å². The second-order valence-corrected chi connectivity index (χ2v) is 10.1. The number of methoxy groups -OCH3 is 2. The van der Waals surface area contributed by atoms with Crippen LogP contribution in [0.15, 0.2) is 48.5 Å². The van der Waals surface area contributed by atoms with Crippen LogP contribution in [0.4, 0.5) is 0 Å². The molecule has 3 aliphatic rings. The molecule has 0 spiro atoms. The standard InChI is InChI=1S/C29H28O13/c1-37-16-7-6-14-19-25(41-23(14)24(16)38-2)18-15(11-4-3-5-12(30)8-11)9-13(10-17(18)40-28(19)36)39-29-22(33)20(31)21(32)26(42-29)27(34)35/h3-10,19-22,25-26,28-33,36H,1-2H3,(H,34,35)/t19-,20-,21-,22+,25+,26-,28-,29-/m0/s1. The highest BCUT2D eigenvalue weighted by Gasteiger charge is 2.50. The number of benzene rings is 3. The van der Waals surface area contributed by atoms with Crippen LogP contribution in [-0.2, 0) is 9.53 Å². The number of hydrogen-bond acceptors (Lipinski definition) is 12. The van der Waals surface area contributed by atoms with Gasteiger partial charge in [0.2, 0.25) is 18.3 Å². The maximum absolute atomic E-state index is 11.6. The summed E-state index contributed by atoms with van der Waals surface area (Å²) in [5, 5.41) is 61.5. The number of phenolic OH excluding ortho intramolecular Hbond substituents is 1. The SMILES string of the molecule is COc1ccc2c(c1OC)O[C@@H]1c3c(cc(O[C@H]4O[C@H](C(=O)O)[C@@H](O)[C@H](O)[C@H]4O)cc3-c3cccc(O)c3)O[C@H](O)[C@@H]21. The number of aromatic hydroxyl groups is 1. The third kappa shape index (κ3) is 4.42. The molecule has 3 heterocycles. The van der Waals surface area contributed by atoms with Gasteiger partial charge in [0.05, 0.1) is 20.1 Å². The molecule has 3 aliphatic heterocycles. The monoisotopic (exact) mass is 584 g/mol. The lowest BCUT2D eigenvalue weighted by molar-refractivity contribution is -0.271. The van der Waals surface area contributed by atoms with E-state index in [1.165, 1.54) is 32.4 Å². The molecular formula is C29H28O13. The molecule has 6 N–H and O–H groups in total. The van der Waals surface area contributed by atoms with Crippen LogP contribution in [0, 0.1) is 0 Å². The third-order valence-corrected chi connectivity index (χ3v) is 7.64. The summed E-state index contributed by atoms with van der Waals surface area (Å²) in [5.74, 6) is -0.981. The molecule has 0 unspecified atom stereocenters. The van der Waals surface area contributed by atoms with Crippen LogP contribution in [0.2, 0.25) is 0 Å². The zero-order chi connectivity index (χ0) is 29.9. The first-order valence-corrected chi connectivity index (χ1v) is 13.0. The summed E-state index contributed by atoms with van der Waals surface area (Å²) < 4.78 is 34.4. The second-order valence-electron chi connectivity index (χ2n) is 10.1. The molecule has 0 bridgehead atoms. The van der Waals surface area contributed by atoms with Crippen molar-refractivity contribution in [2.45, 2.75) is 49.0 Å². The van der Waals surface area contributed by atoms with Gasteiger partial charge in [-0.2, -0.15) is 0 Å². The molecule has 6 rings (SSSR count). The Morgan fingerprint density at radius 1 is 0.905 bits per heavy atom. The summed E-state index contributed by atoms with van der Waals surface area (Å²) in [5.41, 5.74) is 2.11. The van der Waals surface area contributed by atoms with Crippen LogP contribution < -0.4 is 23.7 Å². The number of ether oxygens (including phenoxy) is 6. The van der Waals surface area contributed by atoms with Crippen molar-refractivity contribution in [1.29, 1.82) is 0 Å². The fraction of sp³-hybridized carbons (Fsp3) is 0.345. The minimum atomic E-state index is -1.89. The van der Waals surface area contributed by atoms with Crippen molar-refractivity contribution in [2.24, 2.45) is 0 Å². The quantitative estimate of drug-likeness (QED) is 0.243. The zero-order valence-electron chi connectivity index (χ0n) is 22.3. The van der Waals surface area contributed by atoms with Crippen molar-refractivity contribution in [1.82, 2.24) is 0 Å². The van der Waals surface area contributed by atoms with Crippen LogP contribution >= 0.6 is 0 Å². The van der Waals surface area contributed by atoms with E-state index in [2.05, 4.69) is 0 Å². The molecule has 3 aromatic rings. The van der Waals surface area contributed by atoms with Crippen molar-refractivity contribution >= 4 is 5.97 Å². The molecule has 42 heavy (non-hydrogen) atoms. The summed E-state index contributed by atoms with van der Waals surface area (Å²) in [6.07, 6.45) is -11.3. The molecule has 13 heteroatoms. The lowest BCUT2D eigenvalue weighted by Crippen LogP contribution is -2.61. The van der Waals surface area contributed by atoms with Gasteiger partial charge in [-0.1, -0.05) is 18.2 Å². The summed E-state index contributed by atoms with van der Waals surface area (Å²) in [7, 11) is 2.96. The molecule has 13 nitrogen and oxygen atoms in total. The number of aliphatic carboxylic acids is 1. The molecule has 0 aliphatic carbocycles. The Hall–Kier alpha value is -4.27. The van der Waals surface area contributed by atoms with E-state index in [4.69, 9.17) is 28.4 Å². The predicted molar refractivity (Wildman–Crippen MR) is 141 cm³/mol. The second kappa shape index (κ2) is 10.5. The fourth-order valence-corrected chi connectivity index (χ4v) is 5.66. The Morgan fingerprint density at radius 3 is 2.38 bits per heavy atom. The van der Waals surface area contributed by atoms with Gasteiger partial charge in [-0.25, -0.2) is 4.79 Å². The number of aliphatic hydroxyl groups is 4. The number of aliphatic hydroxyl groups excluding tert-OH is 4. The minimum absolute atomic E-state index is 0.00397. The molecule has 1 saturated heterocycles. The average Bonchev–Trinajstić information content (AvgIpc) is 3.36. The normalized spacial score (nSPS) is 29.3. The summed E-state index contributed by atoms with van der Waals surface area (Å²) >= 11 is 0. The summed E-state index contributed by atoms with van der Waals surface area (Å²) in [4.78, 5) is 11.6. The smallest absolute Gasteiger partial charge is 0.335 e. The molecule has 1 fully saturated rings. The lowest BCUT2D eigenvalue weighted by Gasteiger charge is -2.39. The van der Waals surface area contributed by atoms with Crippen molar-refractivity contribution in [3.05, 3.63) is 59.7 Å². The van der Waals surface area contributed by atoms with Crippen LogP contribution in [0.1, 0.15) is 23.1 Å². The van der Waals surface area contributed by atoms with Gasteiger partial charge in [0.1, 0.15) is 41.7 Å². The first kappa shape index (κ1) is 27.9. The lowest BCUT2D eigenvalue weighted by atomic mass is 9.84. The Bertz CT molecular complexity index is 1520. The van der Waals surface area contributed by atoms with Gasteiger partial charge in [-0.3, -0.25) is 0 Å². The van der Waals surface area contributed by atoms with E-state index in [0.717, 1.165) is 0 Å². The van der Waals surface area contributed by atoms with E-state index in [1.54, 1.807) is 30.3 Å². The highest BCUT2D eigenvalue weighted by atomic mass is 16.7. The molecule has 0 amide bonds. The van der Waals surface area contributed by atoms with Crippen molar-refractivity contribution in [3.8, 4) is 45.6 Å². The van der Waals surface area contributed by atoms with Gasteiger partial charge in [-0.15, -0.1) is 0 Å². The number of carboxylic acid groups (broad SMARTS) is 1. The summed E-state index contributed by atoms with van der Waals surface area (Å²) in [6.45, 7) is 0. The molecule has 3 aromatic carbocycles. The Balaban J connectivity index is 1.45. The van der Waals surface area contributed by atoms with Crippen molar-refractivity contribution < 1.29 is 63.9 Å². The number of phenols is 1. The maximum Gasteiger partial charge on any atom is 0.335 e. The topological polar surface area (TPSA) is 194 Å². The van der Waals surface area contributed by atoms with Gasteiger partial charge in [0.15, 0.2) is 17.6 Å². The van der Waals surface area contributed by atoms with Crippen LogP contribution in [0.5, 0.6) is 34.5 Å². The maximum atomic E-state index is 11.6. The van der Waals surface area contributed by atoms with E-state index >= 15 is 0 Å². The van der Waals surface area contributed by atoms with Crippen molar-refractivity contribution in [3.63, 3.8) is 0 Å². The van der Waals surface area contributed by atoms with Gasteiger partial charge >= 0.3 is 5.97 Å². The predicted octanol–water partition coefficient (Wildman–Crippen LogP) is 1.28. The van der Waals surface area contributed by atoms with Crippen LogP contribution in [0.3, 0.4) is 0 Å². The van der Waals surface area contributed by atoms with Crippen molar-refractivity contribution in [2.75, 3.05) is 14.2 Å². The van der Waals surface area contributed by atoms with Gasteiger partial charge in [0.25, 0.3) is 0 Å². The fourth-order valence-electron chi connectivity index (χ4n) is 5.66. The molecule has 8 atom stereocenters. The number of carbonyl (C=O) groups is 1. The number of carboxylic acids is 1. The van der Waals surface area contributed by atoms with E-state index in [0.29, 0.717) is 39.5 Å². The Labute approximate surface area is 238 Å². The third-order valence-electron chi connectivity index (χ3n) is 7.64. The van der Waals surface area contributed by atoms with E-state index < -0.39 is 55.0 Å². The summed E-state index contributed by atoms with van der Waals surface area (Å²) in [6, 6.07) is 12.7. The number of fused-ring (bicyclic) bond motifs is 5. The number of hydrogen-bond donors (Lipinski definition) is 6. The molecular weight excluding hydrogens is 556 g/mol. The highest BCUT2D eigenvalue weighted by molar-refractivity contribution is 5.76. The minimum Gasteiger partial charge on any atom is -0.508 e. The first-order chi connectivity index (χ1) is 20.1. The molecule has 0 aromatic heterocycles. The van der Waals surface area contributed by atoms with Crippen LogP contribution in [-0.4, -0.2) is 87.8 Å². The Morgan fingerprint density at radius 2 is 1.69 bits per heavy atom. The largest absolute Gasteiger partial charge is 0.508 e. The highest BCUT2D eigenvalue weighted by Crippen LogP contribution is 2.59. The van der Waals surface area contributed by atoms with E-state index in [-0.39, 0.29) is 17.2 Å². The molecule has 0 saturated carbocycles. The van der Waals surface area contributed by atoms with Gasteiger partial charge < -0.3 is 59.1 Å². The Kier molecular flexibility index (Phi) is 6.99. The van der Waals surface area contributed by atoms with E-state index in [9.17, 15) is 35.4 Å². The van der Waals surface area contributed by atoms with Gasteiger partial charge in [0, 0.05) is 17.2 Å².